The SMILES string of the molecule is CC(C)(C)[Si](C)(C)[C@@H]1CCN(C(c2cnc(NC(=O)C3(c4ccc5c(c4)OCO5)CC3)s2)c2ccccc2Cl)[C@H]1O. The Morgan fingerprint density at radius 3 is 2.63 bits per heavy atom. The van der Waals surface area contributed by atoms with E-state index in [9.17, 15) is 9.90 Å². The van der Waals surface area contributed by atoms with Gasteiger partial charge in [-0.3, -0.25) is 9.69 Å². The molecule has 7 nitrogen and oxygen atoms in total. The number of benzene rings is 2. The monoisotopic (exact) mass is 611 g/mol. The highest BCUT2D eigenvalue weighted by Crippen LogP contribution is 2.53. The van der Waals surface area contributed by atoms with Crippen LogP contribution in [0.3, 0.4) is 0 Å². The van der Waals surface area contributed by atoms with E-state index in [0.717, 1.165) is 41.8 Å². The lowest BCUT2D eigenvalue weighted by atomic mass is 9.94. The number of nitrogens with one attached hydrogen (secondary N) is 1. The molecule has 3 atom stereocenters. The first kappa shape index (κ1) is 28.7. The second-order valence-corrected chi connectivity index (χ2v) is 20.3. The van der Waals surface area contributed by atoms with Gasteiger partial charge in [-0.25, -0.2) is 4.98 Å². The fraction of sp³-hybridized carbons (Fsp3) is 0.484. The number of aliphatic hydroxyl groups excluding tert-OH is 1. The minimum absolute atomic E-state index is 0.0641. The van der Waals surface area contributed by atoms with E-state index in [-0.39, 0.29) is 29.3 Å². The number of thiazole rings is 1. The van der Waals surface area contributed by atoms with Crippen molar-refractivity contribution in [3.63, 3.8) is 0 Å². The maximum Gasteiger partial charge on any atom is 0.236 e. The van der Waals surface area contributed by atoms with Crippen molar-refractivity contribution >= 4 is 42.1 Å². The van der Waals surface area contributed by atoms with Gasteiger partial charge < -0.3 is 19.9 Å². The van der Waals surface area contributed by atoms with Crippen LogP contribution in [0.2, 0.25) is 28.7 Å². The third kappa shape index (κ3) is 4.99. The van der Waals surface area contributed by atoms with Crippen molar-refractivity contribution in [1.29, 1.82) is 0 Å². The number of carbonyl (C=O) groups is 1. The van der Waals surface area contributed by atoms with Gasteiger partial charge in [-0.05, 0) is 59.2 Å². The van der Waals surface area contributed by atoms with Gasteiger partial charge in [0.1, 0.15) is 6.23 Å². The molecule has 1 amide bonds. The van der Waals surface area contributed by atoms with Gasteiger partial charge >= 0.3 is 0 Å². The minimum Gasteiger partial charge on any atom is -0.454 e. The Morgan fingerprint density at radius 2 is 1.93 bits per heavy atom. The molecule has 1 aliphatic carbocycles. The molecule has 1 aromatic heterocycles. The molecule has 2 N–H and O–H groups in total. The van der Waals surface area contributed by atoms with Crippen molar-refractivity contribution in [3.05, 3.63) is 69.7 Å². The molecule has 1 saturated carbocycles. The number of rotatable bonds is 7. The average Bonchev–Trinajstić information content (AvgIpc) is 3.20. The predicted octanol–water partition coefficient (Wildman–Crippen LogP) is 7.19. The molecule has 41 heavy (non-hydrogen) atoms. The quantitative estimate of drug-likeness (QED) is 0.275. The second kappa shape index (κ2) is 10.4. The minimum atomic E-state index is -1.82. The predicted molar refractivity (Wildman–Crippen MR) is 166 cm³/mol. The normalized spacial score (nSPS) is 22.5. The van der Waals surface area contributed by atoms with E-state index < -0.39 is 19.7 Å². The molecule has 2 aliphatic heterocycles. The van der Waals surface area contributed by atoms with E-state index in [0.29, 0.717) is 21.7 Å². The summed E-state index contributed by atoms with van der Waals surface area (Å²) in [4.78, 5) is 21.3. The molecule has 2 aromatic carbocycles. The summed E-state index contributed by atoms with van der Waals surface area (Å²) in [6.45, 7) is 12.7. The van der Waals surface area contributed by atoms with Gasteiger partial charge in [-0.2, -0.15) is 0 Å². The summed E-state index contributed by atoms with van der Waals surface area (Å²) in [7, 11) is -1.82. The van der Waals surface area contributed by atoms with E-state index in [4.69, 9.17) is 21.1 Å². The Bertz CT molecular complexity index is 1470. The summed E-state index contributed by atoms with van der Waals surface area (Å²) in [5.74, 6) is 1.33. The molecule has 6 rings (SSSR count). The van der Waals surface area contributed by atoms with Crippen LogP contribution in [-0.2, 0) is 10.2 Å². The van der Waals surface area contributed by atoms with E-state index in [1.807, 2.05) is 48.7 Å². The number of likely N-dealkylation sites (tertiary alicyclic amines) is 1. The van der Waals surface area contributed by atoms with Crippen LogP contribution in [0.15, 0.2) is 48.7 Å². The molecule has 0 spiro atoms. The van der Waals surface area contributed by atoms with Gasteiger partial charge in [0.25, 0.3) is 0 Å². The van der Waals surface area contributed by atoms with Gasteiger partial charge in [-0.15, -0.1) is 0 Å². The zero-order chi connectivity index (χ0) is 29.2. The van der Waals surface area contributed by atoms with E-state index >= 15 is 0 Å². The standard InChI is InChI=1S/C31H38ClN3O4SSi/c1-30(2,3)41(4,5)25-12-15-35(27(25)36)26(20-8-6-7-9-21(20)32)24-17-33-29(40-24)34-28(37)31(13-14-31)19-10-11-22-23(16-19)39-18-38-22/h6-11,16-17,25-27,36H,12-15,18H2,1-5H3,(H,33,34,37)/t25-,26?,27+/m1/s1. The van der Waals surface area contributed by atoms with Crippen molar-refractivity contribution in [2.75, 3.05) is 18.7 Å². The number of carbonyl (C=O) groups excluding carboxylic acids is 1. The third-order valence-electron chi connectivity index (χ3n) is 9.91. The fourth-order valence-electron chi connectivity index (χ4n) is 6.22. The van der Waals surface area contributed by atoms with Crippen LogP contribution in [0.25, 0.3) is 0 Å². The van der Waals surface area contributed by atoms with Crippen molar-refractivity contribution in [1.82, 2.24) is 9.88 Å². The first-order chi connectivity index (χ1) is 19.4. The Balaban J connectivity index is 1.27. The fourth-order valence-corrected chi connectivity index (χ4v) is 10.3. The number of hydrogen-bond acceptors (Lipinski definition) is 7. The van der Waals surface area contributed by atoms with E-state index in [2.05, 4.69) is 49.1 Å². The number of aromatic nitrogens is 1. The number of halogens is 1. The molecule has 0 radical (unpaired) electrons. The van der Waals surface area contributed by atoms with Crippen LogP contribution in [-0.4, -0.2) is 48.5 Å². The zero-order valence-corrected chi connectivity index (χ0v) is 26.8. The Hall–Kier alpha value is -2.43. The molecular weight excluding hydrogens is 574 g/mol. The molecule has 218 valence electrons. The number of amides is 1. The highest BCUT2D eigenvalue weighted by Gasteiger charge is 2.53. The van der Waals surface area contributed by atoms with E-state index in [1.165, 1.54) is 11.3 Å². The largest absolute Gasteiger partial charge is 0.454 e. The number of fused-ring (bicyclic) bond motifs is 1. The van der Waals surface area contributed by atoms with Gasteiger partial charge in [0.15, 0.2) is 16.6 Å². The first-order valence-corrected chi connectivity index (χ1v) is 18.6. The summed E-state index contributed by atoms with van der Waals surface area (Å²) < 4.78 is 11.0. The summed E-state index contributed by atoms with van der Waals surface area (Å²) in [6, 6.07) is 13.3. The number of aliphatic hydroxyl groups is 1. The van der Waals surface area contributed by atoms with Crippen molar-refractivity contribution in [2.24, 2.45) is 0 Å². The van der Waals surface area contributed by atoms with Gasteiger partial charge in [-0.1, -0.05) is 81.1 Å². The van der Waals surface area contributed by atoms with Crippen LogP contribution in [0.4, 0.5) is 5.13 Å². The summed E-state index contributed by atoms with van der Waals surface area (Å²) in [6.07, 6.45) is 3.72. The van der Waals surface area contributed by atoms with Gasteiger partial charge in [0, 0.05) is 22.6 Å². The average molecular weight is 612 g/mol. The Morgan fingerprint density at radius 1 is 1.20 bits per heavy atom. The van der Waals surface area contributed by atoms with Gasteiger partial charge in [0.2, 0.25) is 12.7 Å². The molecule has 10 heteroatoms. The molecule has 3 aliphatic rings. The van der Waals surface area contributed by atoms with Crippen LogP contribution in [0.1, 0.15) is 62.1 Å². The lowest BCUT2D eigenvalue weighted by Crippen LogP contribution is -2.48. The van der Waals surface area contributed by atoms with Crippen molar-refractivity contribution in [3.8, 4) is 11.5 Å². The van der Waals surface area contributed by atoms with Crippen molar-refractivity contribution in [2.45, 2.75) is 81.4 Å². The van der Waals surface area contributed by atoms with Crippen molar-refractivity contribution < 1.29 is 19.4 Å². The van der Waals surface area contributed by atoms with Crippen LogP contribution in [0.5, 0.6) is 11.5 Å². The number of nitrogens with zero attached hydrogens (tertiary/aromatic N) is 2. The number of ether oxygens (including phenoxy) is 2. The summed E-state index contributed by atoms with van der Waals surface area (Å²) in [5, 5.41) is 16.3. The molecule has 0 bridgehead atoms. The lowest BCUT2D eigenvalue weighted by Gasteiger charge is -2.44. The molecule has 3 heterocycles. The highest BCUT2D eigenvalue weighted by atomic mass is 35.5. The Labute approximate surface area is 251 Å². The summed E-state index contributed by atoms with van der Waals surface area (Å²) in [5.41, 5.74) is 1.51. The molecular formula is C31H38ClN3O4SSi. The Kier molecular flexibility index (Phi) is 7.26. The molecule has 1 saturated heterocycles. The van der Waals surface area contributed by atoms with Gasteiger partial charge in [0.05, 0.1) is 19.5 Å². The highest BCUT2D eigenvalue weighted by molar-refractivity contribution is 7.15. The third-order valence-corrected chi connectivity index (χ3v) is 17.5. The van der Waals surface area contributed by atoms with Crippen LogP contribution < -0.4 is 14.8 Å². The lowest BCUT2D eigenvalue weighted by molar-refractivity contribution is -0.118. The summed E-state index contributed by atoms with van der Waals surface area (Å²) >= 11 is 8.20. The maximum absolute atomic E-state index is 13.6. The van der Waals surface area contributed by atoms with Crippen LogP contribution >= 0.6 is 22.9 Å². The maximum atomic E-state index is 13.6. The molecule has 2 fully saturated rings. The molecule has 1 unspecified atom stereocenters. The first-order valence-electron chi connectivity index (χ1n) is 14.3. The zero-order valence-electron chi connectivity index (χ0n) is 24.2. The number of anilines is 1. The number of hydrogen-bond donors (Lipinski definition) is 2. The smallest absolute Gasteiger partial charge is 0.236 e. The van der Waals surface area contributed by atoms with Crippen LogP contribution in [0, 0.1) is 0 Å². The second-order valence-electron chi connectivity index (χ2n) is 13.1. The molecule has 3 aromatic rings. The van der Waals surface area contributed by atoms with E-state index in [1.54, 1.807) is 0 Å². The topological polar surface area (TPSA) is 83.9 Å².